The van der Waals surface area contributed by atoms with E-state index in [2.05, 4.69) is 11.9 Å². The maximum atomic E-state index is 13.9. The van der Waals surface area contributed by atoms with Gasteiger partial charge in [-0.15, -0.1) is 6.58 Å². The number of carbonyl (C=O) groups is 1. The highest BCUT2D eigenvalue weighted by Gasteiger charge is 2.41. The Morgan fingerprint density at radius 1 is 0.895 bits per heavy atom. The number of anilines is 2. The van der Waals surface area contributed by atoms with Gasteiger partial charge in [-0.3, -0.25) is 9.10 Å². The van der Waals surface area contributed by atoms with E-state index in [9.17, 15) is 13.2 Å². The maximum absolute atomic E-state index is 13.9. The molecule has 0 radical (unpaired) electrons. The van der Waals surface area contributed by atoms with Crippen LogP contribution in [0.2, 0.25) is 5.02 Å². The van der Waals surface area contributed by atoms with Crippen LogP contribution in [0.3, 0.4) is 0 Å². The van der Waals surface area contributed by atoms with Crippen molar-refractivity contribution in [1.29, 1.82) is 0 Å². The third kappa shape index (κ3) is 4.94. The van der Waals surface area contributed by atoms with Gasteiger partial charge in [0.1, 0.15) is 11.5 Å². The SMILES string of the molecule is C=CCN1c2ccc(Cl)cc2C(c2ccccc2)=C(C(=O)Nc2ccc(Oc3ccccc3)cc2)S1(=O)=O. The van der Waals surface area contributed by atoms with Crippen LogP contribution in [0.1, 0.15) is 11.1 Å². The Morgan fingerprint density at radius 2 is 1.53 bits per heavy atom. The quantitative estimate of drug-likeness (QED) is 0.259. The van der Waals surface area contributed by atoms with E-state index in [1.54, 1.807) is 66.7 Å². The number of nitrogens with zero attached hydrogens (tertiary/aromatic N) is 1. The van der Waals surface area contributed by atoms with Gasteiger partial charge in [0, 0.05) is 21.8 Å². The van der Waals surface area contributed by atoms with Crippen molar-refractivity contribution in [1.82, 2.24) is 0 Å². The highest BCUT2D eigenvalue weighted by Crippen LogP contribution is 2.44. The molecule has 1 amide bonds. The number of para-hydroxylation sites is 1. The number of sulfonamides is 1. The van der Waals surface area contributed by atoms with Crippen LogP contribution in [0.15, 0.2) is 121 Å². The number of benzene rings is 4. The Balaban J connectivity index is 1.58. The molecule has 190 valence electrons. The van der Waals surface area contributed by atoms with E-state index in [0.29, 0.717) is 39.0 Å². The minimum Gasteiger partial charge on any atom is -0.457 e. The molecular weight excluding hydrogens is 520 g/mol. The first kappa shape index (κ1) is 25.3. The fraction of sp³-hybridized carbons (Fsp3) is 0.0333. The second kappa shape index (κ2) is 10.6. The number of hydrogen-bond donors (Lipinski definition) is 1. The fourth-order valence-corrected chi connectivity index (χ4v) is 6.15. The molecule has 8 heteroatoms. The summed E-state index contributed by atoms with van der Waals surface area (Å²) in [6.45, 7) is 3.69. The molecule has 4 aromatic carbocycles. The molecule has 0 aromatic heterocycles. The Labute approximate surface area is 226 Å². The molecule has 0 spiro atoms. The van der Waals surface area contributed by atoms with Gasteiger partial charge >= 0.3 is 0 Å². The smallest absolute Gasteiger partial charge is 0.270 e. The van der Waals surface area contributed by atoms with E-state index in [-0.39, 0.29) is 17.0 Å². The number of halogens is 1. The van der Waals surface area contributed by atoms with E-state index in [0.717, 1.165) is 0 Å². The molecule has 0 aliphatic carbocycles. The second-order valence-corrected chi connectivity index (χ2v) is 10.7. The molecule has 5 rings (SSSR count). The summed E-state index contributed by atoms with van der Waals surface area (Å²) in [5.74, 6) is 0.486. The van der Waals surface area contributed by atoms with E-state index < -0.39 is 15.9 Å². The monoisotopic (exact) mass is 542 g/mol. The zero-order valence-electron chi connectivity index (χ0n) is 20.2. The maximum Gasteiger partial charge on any atom is 0.270 e. The molecule has 0 unspecified atom stereocenters. The molecular formula is C30H23ClN2O4S. The Kier molecular flexibility index (Phi) is 7.05. The molecule has 0 saturated heterocycles. The van der Waals surface area contributed by atoms with Gasteiger partial charge < -0.3 is 10.1 Å². The zero-order valence-corrected chi connectivity index (χ0v) is 21.7. The van der Waals surface area contributed by atoms with Crippen molar-refractivity contribution >= 4 is 44.5 Å². The number of amides is 1. The predicted molar refractivity (Wildman–Crippen MR) is 152 cm³/mol. The van der Waals surface area contributed by atoms with Gasteiger partial charge in [-0.1, -0.05) is 66.2 Å². The standard InChI is InChI=1S/C30H23ClN2O4S/c1-2-19-33-27-18-13-22(31)20-26(27)28(21-9-5-3-6-10-21)29(38(33,35)36)30(34)32-23-14-16-25(17-15-23)37-24-11-7-4-8-12-24/h2-18,20H,1,19H2,(H,32,34). The molecule has 6 nitrogen and oxygen atoms in total. The van der Waals surface area contributed by atoms with Gasteiger partial charge in [0.25, 0.3) is 15.9 Å². The summed E-state index contributed by atoms with van der Waals surface area (Å²) < 4.78 is 34.8. The molecule has 0 fully saturated rings. The first-order valence-corrected chi connectivity index (χ1v) is 13.6. The van der Waals surface area contributed by atoms with Crippen LogP contribution in [-0.2, 0) is 14.8 Å². The normalized spacial score (nSPS) is 14.0. The lowest BCUT2D eigenvalue weighted by molar-refractivity contribution is -0.112. The molecule has 1 N–H and O–H groups in total. The highest BCUT2D eigenvalue weighted by molar-refractivity contribution is 7.97. The summed E-state index contributed by atoms with van der Waals surface area (Å²) in [6.07, 6.45) is 1.48. The van der Waals surface area contributed by atoms with Gasteiger partial charge in [-0.2, -0.15) is 0 Å². The van der Waals surface area contributed by atoms with Crippen molar-refractivity contribution < 1.29 is 17.9 Å². The number of fused-ring (bicyclic) bond motifs is 1. The predicted octanol–water partition coefficient (Wildman–Crippen LogP) is 6.87. The van der Waals surface area contributed by atoms with Crippen LogP contribution in [0, 0.1) is 0 Å². The van der Waals surface area contributed by atoms with E-state index in [1.165, 1.54) is 10.4 Å². The van der Waals surface area contributed by atoms with E-state index in [4.69, 9.17) is 16.3 Å². The molecule has 4 aromatic rings. The molecule has 0 atom stereocenters. The van der Waals surface area contributed by atoms with Gasteiger partial charge in [-0.25, -0.2) is 8.42 Å². The van der Waals surface area contributed by atoms with Gasteiger partial charge in [0.15, 0.2) is 4.91 Å². The lowest BCUT2D eigenvalue weighted by Crippen LogP contribution is -2.39. The Hall–Kier alpha value is -4.33. The van der Waals surface area contributed by atoms with Crippen molar-refractivity contribution in [3.05, 3.63) is 137 Å². The minimum absolute atomic E-state index is 0.0126. The van der Waals surface area contributed by atoms with Crippen LogP contribution in [0.25, 0.3) is 5.57 Å². The summed E-state index contributed by atoms with van der Waals surface area (Å²) in [6, 6.07) is 29.9. The summed E-state index contributed by atoms with van der Waals surface area (Å²) in [7, 11) is -4.26. The first-order valence-electron chi connectivity index (χ1n) is 11.8. The average molecular weight is 543 g/mol. The lowest BCUT2D eigenvalue weighted by atomic mass is 9.95. The summed E-state index contributed by atoms with van der Waals surface area (Å²) in [5, 5.41) is 3.17. The lowest BCUT2D eigenvalue weighted by Gasteiger charge is -2.33. The van der Waals surface area contributed by atoms with Crippen LogP contribution >= 0.6 is 11.6 Å². The first-order chi connectivity index (χ1) is 18.4. The molecule has 0 bridgehead atoms. The second-order valence-electron chi connectivity index (χ2n) is 8.45. The topological polar surface area (TPSA) is 75.7 Å². The minimum atomic E-state index is -4.26. The van der Waals surface area contributed by atoms with E-state index in [1.807, 2.05) is 36.4 Å². The third-order valence-electron chi connectivity index (χ3n) is 5.93. The van der Waals surface area contributed by atoms with E-state index >= 15 is 0 Å². The third-order valence-corrected chi connectivity index (χ3v) is 7.99. The molecule has 1 heterocycles. The fourth-order valence-electron chi connectivity index (χ4n) is 4.27. The number of hydrogen-bond acceptors (Lipinski definition) is 4. The van der Waals surface area contributed by atoms with Crippen LogP contribution in [0.5, 0.6) is 11.5 Å². The number of ether oxygens (including phenoxy) is 1. The largest absolute Gasteiger partial charge is 0.457 e. The highest BCUT2D eigenvalue weighted by atomic mass is 35.5. The molecule has 0 saturated carbocycles. The summed E-state index contributed by atoms with van der Waals surface area (Å²) in [4.78, 5) is 13.4. The Morgan fingerprint density at radius 3 is 2.18 bits per heavy atom. The molecule has 1 aliphatic rings. The number of rotatable bonds is 7. The van der Waals surface area contributed by atoms with Gasteiger partial charge in [0.2, 0.25) is 0 Å². The zero-order chi connectivity index (χ0) is 26.7. The summed E-state index contributed by atoms with van der Waals surface area (Å²) >= 11 is 6.33. The van der Waals surface area contributed by atoms with Crippen LogP contribution in [-0.4, -0.2) is 20.9 Å². The molecule has 38 heavy (non-hydrogen) atoms. The Bertz CT molecular complexity index is 1640. The van der Waals surface area contributed by atoms with Crippen LogP contribution in [0.4, 0.5) is 11.4 Å². The van der Waals surface area contributed by atoms with Crippen molar-refractivity contribution in [2.75, 3.05) is 16.2 Å². The average Bonchev–Trinajstić information content (AvgIpc) is 2.92. The summed E-state index contributed by atoms with van der Waals surface area (Å²) in [5.41, 5.74) is 2.24. The number of carbonyl (C=O) groups excluding carboxylic acids is 1. The van der Waals surface area contributed by atoms with Crippen LogP contribution < -0.4 is 14.4 Å². The van der Waals surface area contributed by atoms with Gasteiger partial charge in [-0.05, 0) is 60.2 Å². The van der Waals surface area contributed by atoms with Crippen molar-refractivity contribution in [2.45, 2.75) is 0 Å². The van der Waals surface area contributed by atoms with Gasteiger partial charge in [0.05, 0.1) is 12.2 Å². The van der Waals surface area contributed by atoms with Crippen molar-refractivity contribution in [3.8, 4) is 11.5 Å². The number of nitrogens with one attached hydrogen (secondary N) is 1. The van der Waals surface area contributed by atoms with Crippen molar-refractivity contribution in [2.24, 2.45) is 0 Å². The molecule has 1 aliphatic heterocycles. The van der Waals surface area contributed by atoms with Crippen molar-refractivity contribution in [3.63, 3.8) is 0 Å².